The smallest absolute Gasteiger partial charge is 0.225 e. The number of carbonyl (C=O) groups is 1. The molecule has 2 N–H and O–H groups in total. The minimum Gasteiger partial charge on any atom is -0.362 e. The highest BCUT2D eigenvalue weighted by Gasteiger charge is 2.39. The van der Waals surface area contributed by atoms with Gasteiger partial charge in [0.05, 0.1) is 10.9 Å². The Kier molecular flexibility index (Phi) is 9.69. The quantitative estimate of drug-likeness (QED) is 0.153. The number of hydrogen-bond acceptors (Lipinski definition) is 5. The Morgan fingerprint density at radius 3 is 1.70 bits per heavy atom. The number of halogens is 3. The van der Waals surface area contributed by atoms with Crippen LogP contribution in [0.25, 0.3) is 10.9 Å². The summed E-state index contributed by atoms with van der Waals surface area (Å²) in [5, 5.41) is 9.85. The maximum atomic E-state index is 14.0. The molecule has 1 saturated carbocycles. The van der Waals surface area contributed by atoms with Crippen molar-refractivity contribution in [2.45, 2.75) is 49.6 Å². The maximum Gasteiger partial charge on any atom is 0.225 e. The number of carbonyl (C=O) groups excluding carboxylic acids is 1. The molecule has 1 aliphatic carbocycles. The van der Waals surface area contributed by atoms with Crippen LogP contribution in [0.4, 0.5) is 11.8 Å². The Morgan fingerprint density at radius 2 is 1.20 bits per heavy atom. The van der Waals surface area contributed by atoms with Crippen LogP contribution in [0, 0.1) is 0 Å². The lowest BCUT2D eigenvalue weighted by Crippen LogP contribution is -2.43. The van der Waals surface area contributed by atoms with Gasteiger partial charge in [-0.3, -0.25) is 4.79 Å². The number of nitrogens with one attached hydrogen (secondary N) is 2. The lowest BCUT2D eigenvalue weighted by atomic mass is 9.67. The molecule has 0 bridgehead atoms. The second kappa shape index (κ2) is 13.9. The van der Waals surface area contributed by atoms with Gasteiger partial charge >= 0.3 is 0 Å². The van der Waals surface area contributed by atoms with Crippen LogP contribution in [0.2, 0.25) is 15.1 Å². The molecule has 236 valence electrons. The number of benzene rings is 4. The lowest BCUT2D eigenvalue weighted by molar-refractivity contribution is -0.122. The molecular formula is C37H36Cl3N5O. The van der Waals surface area contributed by atoms with E-state index in [2.05, 4.69) is 10.6 Å². The zero-order valence-electron chi connectivity index (χ0n) is 25.8. The molecule has 9 heteroatoms. The van der Waals surface area contributed by atoms with Gasteiger partial charge in [0.2, 0.25) is 11.9 Å². The summed E-state index contributed by atoms with van der Waals surface area (Å²) >= 11 is 18.9. The summed E-state index contributed by atoms with van der Waals surface area (Å²) in [6.45, 7) is 0. The zero-order chi connectivity index (χ0) is 32.3. The summed E-state index contributed by atoms with van der Waals surface area (Å²) in [6.07, 6.45) is 3.71. The van der Waals surface area contributed by atoms with E-state index in [1.807, 2.05) is 116 Å². The lowest BCUT2D eigenvalue weighted by Gasteiger charge is -2.37. The molecule has 0 spiro atoms. The van der Waals surface area contributed by atoms with Crippen LogP contribution in [0.5, 0.6) is 0 Å². The number of nitrogens with zero attached hydrogens (tertiary/aromatic N) is 3. The monoisotopic (exact) mass is 671 g/mol. The number of fused-ring (bicyclic) bond motifs is 1. The highest BCUT2D eigenvalue weighted by atomic mass is 35.5. The fourth-order valence-corrected chi connectivity index (χ4v) is 6.94. The number of amides is 1. The van der Waals surface area contributed by atoms with Crippen molar-refractivity contribution in [1.82, 2.24) is 15.3 Å². The fraction of sp³-hybridized carbons (Fsp3) is 0.270. The largest absolute Gasteiger partial charge is 0.362 e. The zero-order valence-corrected chi connectivity index (χ0v) is 28.1. The first-order chi connectivity index (χ1) is 22.2. The normalized spacial score (nSPS) is 16.6. The van der Waals surface area contributed by atoms with Gasteiger partial charge in [0.25, 0.3) is 0 Å². The summed E-state index contributed by atoms with van der Waals surface area (Å²) < 4.78 is 0. The third-order valence-corrected chi connectivity index (χ3v) is 9.62. The fourth-order valence-electron chi connectivity index (χ4n) is 6.56. The van der Waals surface area contributed by atoms with E-state index in [1.165, 1.54) is 0 Å². The number of aromatic nitrogens is 2. The molecule has 0 radical (unpaired) electrons. The topological polar surface area (TPSA) is 70.2 Å². The third-order valence-electron chi connectivity index (χ3n) is 8.87. The Hall–Kier alpha value is -3.84. The van der Waals surface area contributed by atoms with Crippen LogP contribution in [0.15, 0.2) is 97.1 Å². The average Bonchev–Trinajstić information content (AvgIpc) is 3.05. The highest BCUT2D eigenvalue weighted by molar-refractivity contribution is 6.31. The minimum absolute atomic E-state index is 0.0234. The van der Waals surface area contributed by atoms with Crippen molar-refractivity contribution >= 4 is 63.4 Å². The Morgan fingerprint density at radius 1 is 0.717 bits per heavy atom. The summed E-state index contributed by atoms with van der Waals surface area (Å²) in [5.41, 5.74) is 2.99. The van der Waals surface area contributed by atoms with Gasteiger partial charge in [-0.15, -0.1) is 0 Å². The van der Waals surface area contributed by atoms with Crippen molar-refractivity contribution in [1.29, 1.82) is 0 Å². The van der Waals surface area contributed by atoms with Crippen molar-refractivity contribution < 1.29 is 4.79 Å². The summed E-state index contributed by atoms with van der Waals surface area (Å²) in [6, 6.07) is 31.5. The molecule has 1 aromatic heterocycles. The van der Waals surface area contributed by atoms with Gasteiger partial charge in [0.1, 0.15) is 5.82 Å². The van der Waals surface area contributed by atoms with E-state index in [1.54, 1.807) is 0 Å². The van der Waals surface area contributed by atoms with Crippen molar-refractivity contribution in [2.24, 2.45) is 0 Å². The molecule has 1 heterocycles. The van der Waals surface area contributed by atoms with Gasteiger partial charge < -0.3 is 15.5 Å². The van der Waals surface area contributed by atoms with Gasteiger partial charge in [-0.1, -0.05) is 83.3 Å². The van der Waals surface area contributed by atoms with Gasteiger partial charge in [-0.25, -0.2) is 4.98 Å². The van der Waals surface area contributed by atoms with Crippen LogP contribution in [-0.4, -0.2) is 42.1 Å². The number of hydrogen-bond donors (Lipinski definition) is 2. The molecule has 1 aliphatic rings. The minimum atomic E-state index is -0.791. The average molecular weight is 673 g/mol. The van der Waals surface area contributed by atoms with Gasteiger partial charge in [0, 0.05) is 53.1 Å². The van der Waals surface area contributed by atoms with E-state index in [0.29, 0.717) is 21.0 Å². The number of anilines is 2. The predicted molar refractivity (Wildman–Crippen MR) is 191 cm³/mol. The Bertz CT molecular complexity index is 1690. The van der Waals surface area contributed by atoms with Crippen LogP contribution < -0.4 is 15.5 Å². The summed E-state index contributed by atoms with van der Waals surface area (Å²) in [5.74, 6) is 1.50. The molecule has 0 unspecified atom stereocenters. The van der Waals surface area contributed by atoms with Crippen molar-refractivity contribution in [2.75, 3.05) is 24.3 Å². The molecule has 46 heavy (non-hydrogen) atoms. The van der Waals surface area contributed by atoms with E-state index in [-0.39, 0.29) is 24.4 Å². The van der Waals surface area contributed by atoms with Gasteiger partial charge in [0.15, 0.2) is 0 Å². The second-order valence-electron chi connectivity index (χ2n) is 12.1. The molecule has 1 amide bonds. The van der Waals surface area contributed by atoms with E-state index in [4.69, 9.17) is 44.8 Å². The van der Waals surface area contributed by atoms with Crippen molar-refractivity contribution in [3.63, 3.8) is 0 Å². The van der Waals surface area contributed by atoms with Crippen LogP contribution in [-0.2, 0) is 10.2 Å². The van der Waals surface area contributed by atoms with Gasteiger partial charge in [-0.05, 0) is 90.9 Å². The van der Waals surface area contributed by atoms with E-state index in [9.17, 15) is 4.79 Å². The maximum absolute atomic E-state index is 14.0. The molecular weight excluding hydrogens is 637 g/mol. The van der Waals surface area contributed by atoms with E-state index < -0.39 is 5.41 Å². The molecule has 1 fully saturated rings. The first kappa shape index (κ1) is 32.1. The number of rotatable bonds is 9. The molecule has 6 rings (SSSR count). The van der Waals surface area contributed by atoms with E-state index in [0.717, 1.165) is 59.1 Å². The van der Waals surface area contributed by atoms with Crippen molar-refractivity contribution in [3.8, 4) is 0 Å². The molecule has 6 nitrogen and oxygen atoms in total. The molecule has 0 saturated heterocycles. The Labute approximate surface area is 285 Å². The van der Waals surface area contributed by atoms with Crippen LogP contribution in [0.1, 0.15) is 48.8 Å². The van der Waals surface area contributed by atoms with Crippen LogP contribution >= 0.6 is 34.8 Å². The standard InChI is InChI=1S/C37H36Cl3N5O/c1-45(2)35-32-5-3-4-6-33(32)43-36(44-35)42-31-21-19-30(20-22-31)41-34(46)23-37(24-7-13-27(38)14-8-24,25-9-15-28(39)16-10-25)26-11-17-29(40)18-12-26/h3-18,30-31H,19-23H2,1-2H3,(H,41,46)(H,42,43,44). The molecule has 0 atom stereocenters. The first-order valence-electron chi connectivity index (χ1n) is 15.5. The first-order valence-corrected chi connectivity index (χ1v) is 16.6. The summed E-state index contributed by atoms with van der Waals surface area (Å²) in [7, 11) is 3.99. The second-order valence-corrected chi connectivity index (χ2v) is 13.5. The molecule has 4 aromatic carbocycles. The predicted octanol–water partition coefficient (Wildman–Crippen LogP) is 8.92. The highest BCUT2D eigenvalue weighted by Crippen LogP contribution is 2.43. The Balaban J connectivity index is 1.20. The van der Waals surface area contributed by atoms with E-state index >= 15 is 0 Å². The van der Waals surface area contributed by atoms with Gasteiger partial charge in [-0.2, -0.15) is 4.98 Å². The summed E-state index contributed by atoms with van der Waals surface area (Å²) in [4.78, 5) is 25.6. The van der Waals surface area contributed by atoms with Crippen molar-refractivity contribution in [3.05, 3.63) is 129 Å². The third kappa shape index (κ3) is 6.95. The van der Waals surface area contributed by atoms with Crippen LogP contribution in [0.3, 0.4) is 0 Å². The molecule has 0 aliphatic heterocycles. The SMILES string of the molecule is CN(C)c1nc(NC2CCC(NC(=O)CC(c3ccc(Cl)cc3)(c3ccc(Cl)cc3)c3ccc(Cl)cc3)CC2)nc2ccccc12. The number of para-hydroxylation sites is 1. The molecule has 5 aromatic rings.